The monoisotopic (exact) mass is 256 g/mol. The molecule has 1 aromatic carbocycles. The van der Waals surface area contributed by atoms with Crippen molar-refractivity contribution >= 4 is 5.82 Å². The fourth-order valence-electron chi connectivity index (χ4n) is 1.60. The minimum absolute atomic E-state index is 0.155. The molecule has 19 heavy (non-hydrogen) atoms. The lowest BCUT2D eigenvalue weighted by molar-refractivity contribution is 0.355. The number of nitrogens with zero attached hydrogens (tertiary/aromatic N) is 3. The quantitative estimate of drug-likeness (QED) is 0.896. The Morgan fingerprint density at radius 3 is 2.53 bits per heavy atom. The molecule has 1 aromatic heterocycles. The second-order valence-electron chi connectivity index (χ2n) is 3.67. The van der Waals surface area contributed by atoms with Gasteiger partial charge in [0.25, 0.3) is 0 Å². The topological polar surface area (TPSA) is 94.0 Å². The summed E-state index contributed by atoms with van der Waals surface area (Å²) in [4.78, 5) is 8.19. The standard InChI is InChI=1S/C13H12N4O2/c1-18-10-4-3-8(5-11(10)19-2)13-16-7-9(6-14)12(15)17-13/h3-5,7H,1-2H3,(H2,15,16,17). The first kappa shape index (κ1) is 12.6. The maximum Gasteiger partial charge on any atom is 0.161 e. The zero-order valence-electron chi connectivity index (χ0n) is 10.5. The van der Waals surface area contributed by atoms with Crippen LogP contribution >= 0.6 is 0 Å². The van der Waals surface area contributed by atoms with E-state index in [1.165, 1.54) is 6.20 Å². The van der Waals surface area contributed by atoms with Crippen molar-refractivity contribution in [1.82, 2.24) is 9.97 Å². The number of nitrogen functional groups attached to an aromatic ring is 1. The van der Waals surface area contributed by atoms with Gasteiger partial charge in [0.15, 0.2) is 17.3 Å². The molecule has 0 saturated heterocycles. The molecule has 0 spiro atoms. The highest BCUT2D eigenvalue weighted by Gasteiger charge is 2.09. The van der Waals surface area contributed by atoms with Gasteiger partial charge in [0.1, 0.15) is 17.5 Å². The van der Waals surface area contributed by atoms with Crippen LogP contribution in [0.5, 0.6) is 11.5 Å². The van der Waals surface area contributed by atoms with E-state index in [2.05, 4.69) is 9.97 Å². The Kier molecular flexibility index (Phi) is 3.48. The van der Waals surface area contributed by atoms with Crippen molar-refractivity contribution in [2.45, 2.75) is 0 Å². The number of nitrogens with two attached hydrogens (primary N) is 1. The minimum Gasteiger partial charge on any atom is -0.493 e. The Hall–Kier alpha value is -2.81. The van der Waals surface area contributed by atoms with Crippen LogP contribution in [0.1, 0.15) is 5.56 Å². The largest absolute Gasteiger partial charge is 0.493 e. The normalized spacial score (nSPS) is 9.74. The van der Waals surface area contributed by atoms with Gasteiger partial charge in [-0.2, -0.15) is 5.26 Å². The van der Waals surface area contributed by atoms with E-state index in [1.54, 1.807) is 32.4 Å². The van der Waals surface area contributed by atoms with Crippen LogP contribution in [0.15, 0.2) is 24.4 Å². The summed E-state index contributed by atoms with van der Waals surface area (Å²) >= 11 is 0. The third kappa shape index (κ3) is 2.40. The van der Waals surface area contributed by atoms with E-state index in [1.807, 2.05) is 6.07 Å². The molecule has 0 aliphatic rings. The molecule has 0 fully saturated rings. The van der Waals surface area contributed by atoms with Gasteiger partial charge in [0.05, 0.1) is 20.4 Å². The van der Waals surface area contributed by atoms with Crippen LogP contribution in [0.4, 0.5) is 5.82 Å². The van der Waals surface area contributed by atoms with Crippen LogP contribution in [-0.4, -0.2) is 24.2 Å². The molecule has 0 amide bonds. The SMILES string of the molecule is COc1ccc(-c2ncc(C#N)c(N)n2)cc1OC. The number of ether oxygens (including phenoxy) is 2. The van der Waals surface area contributed by atoms with E-state index in [-0.39, 0.29) is 11.4 Å². The van der Waals surface area contributed by atoms with Crippen molar-refractivity contribution in [2.24, 2.45) is 0 Å². The predicted molar refractivity (Wildman–Crippen MR) is 69.7 cm³/mol. The summed E-state index contributed by atoms with van der Waals surface area (Å²) in [6.07, 6.45) is 1.40. The molecule has 96 valence electrons. The van der Waals surface area contributed by atoms with Crippen LogP contribution < -0.4 is 15.2 Å². The maximum absolute atomic E-state index is 8.78. The maximum atomic E-state index is 8.78. The van der Waals surface area contributed by atoms with E-state index < -0.39 is 0 Å². The minimum atomic E-state index is 0.155. The Labute approximate surface area is 110 Å². The predicted octanol–water partition coefficient (Wildman–Crippen LogP) is 1.61. The molecule has 2 N–H and O–H groups in total. The summed E-state index contributed by atoms with van der Waals surface area (Å²) in [5.41, 5.74) is 6.65. The summed E-state index contributed by atoms with van der Waals surface area (Å²) in [5.74, 6) is 1.78. The van der Waals surface area contributed by atoms with Crippen molar-refractivity contribution in [3.63, 3.8) is 0 Å². The number of hydrogen-bond acceptors (Lipinski definition) is 6. The fourth-order valence-corrected chi connectivity index (χ4v) is 1.60. The first-order valence-electron chi connectivity index (χ1n) is 5.44. The highest BCUT2D eigenvalue weighted by atomic mass is 16.5. The summed E-state index contributed by atoms with van der Waals surface area (Å²) < 4.78 is 10.4. The smallest absolute Gasteiger partial charge is 0.161 e. The molecule has 0 aliphatic carbocycles. The molecule has 0 radical (unpaired) electrons. The van der Waals surface area contributed by atoms with Crippen LogP contribution in [0, 0.1) is 11.3 Å². The molecule has 0 unspecified atom stereocenters. The first-order chi connectivity index (χ1) is 9.19. The Morgan fingerprint density at radius 2 is 1.95 bits per heavy atom. The van der Waals surface area contributed by atoms with Gasteiger partial charge in [-0.15, -0.1) is 0 Å². The Balaban J connectivity index is 2.48. The Bertz CT molecular complexity index is 650. The molecule has 0 atom stereocenters. The number of methoxy groups -OCH3 is 2. The number of hydrogen-bond donors (Lipinski definition) is 1. The van der Waals surface area contributed by atoms with Crippen LogP contribution in [0.25, 0.3) is 11.4 Å². The van der Waals surface area contributed by atoms with E-state index in [9.17, 15) is 0 Å². The summed E-state index contributed by atoms with van der Waals surface area (Å²) in [5, 5.41) is 8.78. The number of rotatable bonds is 3. The molecule has 2 rings (SSSR count). The van der Waals surface area contributed by atoms with Gasteiger partial charge in [-0.3, -0.25) is 0 Å². The van der Waals surface area contributed by atoms with E-state index in [0.717, 1.165) is 5.56 Å². The van der Waals surface area contributed by atoms with Crippen LogP contribution in [0.3, 0.4) is 0 Å². The molecule has 0 aliphatic heterocycles. The van der Waals surface area contributed by atoms with Crippen molar-refractivity contribution in [2.75, 3.05) is 20.0 Å². The van der Waals surface area contributed by atoms with Crippen molar-refractivity contribution in [1.29, 1.82) is 5.26 Å². The van der Waals surface area contributed by atoms with Gasteiger partial charge in [-0.1, -0.05) is 0 Å². The summed E-state index contributed by atoms with van der Waals surface area (Å²) in [7, 11) is 3.11. The fraction of sp³-hybridized carbons (Fsp3) is 0.154. The molecule has 6 nitrogen and oxygen atoms in total. The molecule has 0 saturated carbocycles. The van der Waals surface area contributed by atoms with Crippen LogP contribution in [-0.2, 0) is 0 Å². The van der Waals surface area contributed by atoms with Crippen LogP contribution in [0.2, 0.25) is 0 Å². The average molecular weight is 256 g/mol. The zero-order chi connectivity index (χ0) is 13.8. The lowest BCUT2D eigenvalue weighted by Gasteiger charge is -2.09. The van der Waals surface area contributed by atoms with Gasteiger partial charge in [0.2, 0.25) is 0 Å². The molecular formula is C13H12N4O2. The third-order valence-corrected chi connectivity index (χ3v) is 2.58. The number of aromatic nitrogens is 2. The second-order valence-corrected chi connectivity index (χ2v) is 3.67. The molecule has 1 heterocycles. The average Bonchev–Trinajstić information content (AvgIpc) is 2.46. The van der Waals surface area contributed by atoms with E-state index >= 15 is 0 Å². The zero-order valence-corrected chi connectivity index (χ0v) is 10.5. The van der Waals surface area contributed by atoms with Gasteiger partial charge in [-0.25, -0.2) is 9.97 Å². The molecule has 2 aromatic rings. The lowest BCUT2D eigenvalue weighted by Crippen LogP contribution is -1.99. The summed E-state index contributed by atoms with van der Waals surface area (Å²) in [6, 6.07) is 7.22. The Morgan fingerprint density at radius 1 is 1.21 bits per heavy atom. The van der Waals surface area contributed by atoms with Gasteiger partial charge >= 0.3 is 0 Å². The molecule has 6 heteroatoms. The number of nitriles is 1. The second kappa shape index (κ2) is 5.23. The van der Waals surface area contributed by atoms with Crippen molar-refractivity contribution < 1.29 is 9.47 Å². The highest BCUT2D eigenvalue weighted by Crippen LogP contribution is 2.31. The number of benzene rings is 1. The molecule has 0 bridgehead atoms. The van der Waals surface area contributed by atoms with Crippen molar-refractivity contribution in [3.8, 4) is 29.0 Å². The van der Waals surface area contributed by atoms with E-state index in [4.69, 9.17) is 20.5 Å². The number of anilines is 1. The highest BCUT2D eigenvalue weighted by molar-refractivity contribution is 5.63. The van der Waals surface area contributed by atoms with E-state index in [0.29, 0.717) is 17.3 Å². The van der Waals surface area contributed by atoms with Crippen molar-refractivity contribution in [3.05, 3.63) is 30.0 Å². The van der Waals surface area contributed by atoms with Gasteiger partial charge in [-0.05, 0) is 18.2 Å². The van der Waals surface area contributed by atoms with Gasteiger partial charge in [0, 0.05) is 5.56 Å². The molecular weight excluding hydrogens is 244 g/mol. The summed E-state index contributed by atoms with van der Waals surface area (Å²) in [6.45, 7) is 0. The van der Waals surface area contributed by atoms with Gasteiger partial charge < -0.3 is 15.2 Å². The first-order valence-corrected chi connectivity index (χ1v) is 5.44. The lowest BCUT2D eigenvalue weighted by atomic mass is 10.2. The third-order valence-electron chi connectivity index (χ3n) is 2.58.